The van der Waals surface area contributed by atoms with E-state index in [1.807, 2.05) is 72.6 Å². The van der Waals surface area contributed by atoms with E-state index in [-0.39, 0.29) is 11.8 Å². The smallest absolute Gasteiger partial charge is 0.283 e. The first-order valence-electron chi connectivity index (χ1n) is 10.6. The second kappa shape index (κ2) is 10.7. The molecular weight excluding hydrogens is 430 g/mol. The topological polar surface area (TPSA) is 79.9 Å². The van der Waals surface area contributed by atoms with Crippen molar-refractivity contribution >= 4 is 23.2 Å². The van der Waals surface area contributed by atoms with Gasteiger partial charge in [-0.2, -0.15) is 11.0 Å². The first-order valence-corrected chi connectivity index (χ1v) is 10.6. The van der Waals surface area contributed by atoms with Gasteiger partial charge in [-0.15, -0.1) is 0 Å². The molecule has 4 aromatic carbocycles. The van der Waals surface area contributed by atoms with E-state index >= 15 is 0 Å². The molecule has 34 heavy (non-hydrogen) atoms. The summed E-state index contributed by atoms with van der Waals surface area (Å²) in [5.74, 6) is 0.421. The third kappa shape index (κ3) is 5.72. The van der Waals surface area contributed by atoms with Crippen LogP contribution in [0, 0.1) is 0 Å². The number of anilines is 2. The number of carbonyl (C=O) groups is 2. The average Bonchev–Trinajstić information content (AvgIpc) is 2.91. The Morgan fingerprint density at radius 1 is 0.559 bits per heavy atom. The Hall–Kier alpha value is -4.78. The molecule has 0 fully saturated rings. The molecule has 7 heteroatoms. The van der Waals surface area contributed by atoms with E-state index in [4.69, 9.17) is 9.68 Å². The van der Waals surface area contributed by atoms with Crippen LogP contribution in [0.2, 0.25) is 0 Å². The van der Waals surface area contributed by atoms with Gasteiger partial charge < -0.3 is 14.6 Å². The predicted octanol–water partition coefficient (Wildman–Crippen LogP) is 4.90. The summed E-state index contributed by atoms with van der Waals surface area (Å²) in [6.07, 6.45) is 0. The number of hydrogen-bond acceptors (Lipinski definition) is 5. The van der Waals surface area contributed by atoms with Gasteiger partial charge >= 0.3 is 0 Å². The molecule has 0 aromatic heterocycles. The summed E-state index contributed by atoms with van der Waals surface area (Å²) in [5, 5.41) is 0. The number of benzene rings is 4. The highest BCUT2D eigenvalue weighted by molar-refractivity contribution is 5.94. The van der Waals surface area contributed by atoms with E-state index < -0.39 is 0 Å². The highest BCUT2D eigenvalue weighted by Gasteiger charge is 2.11. The lowest BCUT2D eigenvalue weighted by atomic mass is 10.1. The number of amides is 2. The van der Waals surface area contributed by atoms with Gasteiger partial charge in [0, 0.05) is 29.5 Å². The molecule has 0 radical (unpaired) electrons. The van der Waals surface area contributed by atoms with Gasteiger partial charge in [-0.3, -0.25) is 9.59 Å². The zero-order valence-electron chi connectivity index (χ0n) is 18.5. The van der Waals surface area contributed by atoms with Crippen LogP contribution in [0.1, 0.15) is 20.7 Å². The average molecular weight is 453 g/mol. The Morgan fingerprint density at radius 3 is 1.26 bits per heavy atom. The molecule has 2 N–H and O–H groups in total. The predicted molar refractivity (Wildman–Crippen MR) is 130 cm³/mol. The summed E-state index contributed by atoms with van der Waals surface area (Å²) in [4.78, 5) is 37.2. The summed E-state index contributed by atoms with van der Waals surface area (Å²) >= 11 is 0. The van der Waals surface area contributed by atoms with Gasteiger partial charge in [0.2, 0.25) is 0 Å². The monoisotopic (exact) mass is 453 g/mol. The van der Waals surface area contributed by atoms with Gasteiger partial charge in [-0.25, -0.2) is 0 Å². The molecule has 0 atom stereocenters. The molecular formula is C27H23N3O4. The van der Waals surface area contributed by atoms with E-state index in [0.717, 1.165) is 11.4 Å². The van der Waals surface area contributed by atoms with Crippen molar-refractivity contribution in [3.8, 4) is 11.5 Å². The molecule has 170 valence electrons. The van der Waals surface area contributed by atoms with Crippen LogP contribution < -0.4 is 25.5 Å². The molecule has 0 aliphatic carbocycles. The van der Waals surface area contributed by atoms with Crippen molar-refractivity contribution in [3.05, 3.63) is 120 Å². The van der Waals surface area contributed by atoms with E-state index in [1.54, 1.807) is 48.5 Å². The first kappa shape index (κ1) is 22.4. The van der Waals surface area contributed by atoms with Crippen molar-refractivity contribution < 1.29 is 19.3 Å². The summed E-state index contributed by atoms with van der Waals surface area (Å²) < 4.78 is 0. The Morgan fingerprint density at radius 2 is 0.912 bits per heavy atom. The molecule has 0 aliphatic heterocycles. The summed E-state index contributed by atoms with van der Waals surface area (Å²) in [6.45, 7) is 0. The van der Waals surface area contributed by atoms with Gasteiger partial charge in [-0.05, 0) is 72.8 Å². The van der Waals surface area contributed by atoms with Crippen LogP contribution in [0.5, 0.6) is 11.5 Å². The van der Waals surface area contributed by atoms with Crippen molar-refractivity contribution in [2.75, 3.05) is 11.9 Å². The van der Waals surface area contributed by atoms with Crippen LogP contribution in [0.4, 0.5) is 11.4 Å². The second-order valence-corrected chi connectivity index (χ2v) is 7.35. The quantitative estimate of drug-likeness (QED) is 0.371. The van der Waals surface area contributed by atoms with Gasteiger partial charge in [0.15, 0.2) is 11.5 Å². The lowest BCUT2D eigenvalue weighted by molar-refractivity contribution is 0.0754. The molecule has 0 heterocycles. The maximum absolute atomic E-state index is 12.3. The second-order valence-electron chi connectivity index (χ2n) is 7.35. The van der Waals surface area contributed by atoms with Crippen LogP contribution in [0.15, 0.2) is 109 Å². The lowest BCUT2D eigenvalue weighted by Crippen LogP contribution is -2.27. The summed E-state index contributed by atoms with van der Waals surface area (Å²) in [7, 11) is 1.90. The number of para-hydroxylation sites is 2. The van der Waals surface area contributed by atoms with Gasteiger partial charge in [0.1, 0.15) is 0 Å². The Kier molecular flexibility index (Phi) is 7.05. The highest BCUT2D eigenvalue weighted by Crippen LogP contribution is 2.24. The molecule has 7 nitrogen and oxygen atoms in total. The van der Waals surface area contributed by atoms with Crippen LogP contribution in [-0.2, 0) is 0 Å². The highest BCUT2D eigenvalue weighted by atomic mass is 16.7. The minimum Gasteiger partial charge on any atom is -0.379 e. The minimum absolute atomic E-state index is 0.342. The standard InChI is InChI=1S/C27H23N3O4/c1-30(22-16-12-20(13-17-22)26(31)28-33-24-8-4-2-5-9-24)23-18-14-21(15-19-23)27(32)29-34-25-10-6-3-7-11-25/h2-19H,1H3,(H,28,31)(H,29,32). The zero-order valence-corrected chi connectivity index (χ0v) is 18.5. The summed E-state index contributed by atoms with van der Waals surface area (Å²) in [5.41, 5.74) is 7.57. The summed E-state index contributed by atoms with van der Waals surface area (Å²) in [6, 6.07) is 32.3. The number of hydrogen-bond donors (Lipinski definition) is 2. The third-order valence-electron chi connectivity index (χ3n) is 5.04. The normalized spacial score (nSPS) is 10.1. The van der Waals surface area contributed by atoms with Crippen molar-refractivity contribution in [1.82, 2.24) is 11.0 Å². The molecule has 0 saturated carbocycles. The zero-order chi connectivity index (χ0) is 23.8. The van der Waals surface area contributed by atoms with E-state index in [2.05, 4.69) is 11.0 Å². The number of nitrogens with one attached hydrogen (secondary N) is 2. The first-order chi connectivity index (χ1) is 16.6. The number of rotatable bonds is 8. The minimum atomic E-state index is -0.342. The van der Waals surface area contributed by atoms with E-state index in [1.165, 1.54) is 0 Å². The molecule has 4 rings (SSSR count). The molecule has 2 amide bonds. The molecule has 0 unspecified atom stereocenters. The Bertz CT molecular complexity index is 1130. The molecule has 0 aliphatic rings. The molecule has 0 spiro atoms. The number of hydroxylamine groups is 2. The van der Waals surface area contributed by atoms with Crippen molar-refractivity contribution in [3.63, 3.8) is 0 Å². The van der Waals surface area contributed by atoms with Crippen molar-refractivity contribution in [2.45, 2.75) is 0 Å². The number of nitrogens with zero attached hydrogens (tertiary/aromatic N) is 1. The maximum Gasteiger partial charge on any atom is 0.283 e. The Balaban J connectivity index is 1.33. The fourth-order valence-electron chi connectivity index (χ4n) is 3.13. The number of carbonyl (C=O) groups excluding carboxylic acids is 2. The fourth-order valence-corrected chi connectivity index (χ4v) is 3.13. The fraction of sp³-hybridized carbons (Fsp3) is 0.0370. The van der Waals surface area contributed by atoms with Crippen LogP contribution in [0.3, 0.4) is 0 Å². The van der Waals surface area contributed by atoms with Crippen molar-refractivity contribution in [2.24, 2.45) is 0 Å². The van der Waals surface area contributed by atoms with E-state index in [0.29, 0.717) is 22.6 Å². The largest absolute Gasteiger partial charge is 0.379 e. The van der Waals surface area contributed by atoms with Crippen LogP contribution in [-0.4, -0.2) is 18.9 Å². The Labute approximate surface area is 197 Å². The molecule has 0 bridgehead atoms. The van der Waals surface area contributed by atoms with Crippen LogP contribution in [0.25, 0.3) is 0 Å². The molecule has 4 aromatic rings. The van der Waals surface area contributed by atoms with Gasteiger partial charge in [0.25, 0.3) is 11.8 Å². The maximum atomic E-state index is 12.3. The van der Waals surface area contributed by atoms with E-state index in [9.17, 15) is 9.59 Å². The SMILES string of the molecule is CN(c1ccc(C(=O)NOc2ccccc2)cc1)c1ccc(C(=O)NOc2ccccc2)cc1. The van der Waals surface area contributed by atoms with Gasteiger partial charge in [-0.1, -0.05) is 36.4 Å². The van der Waals surface area contributed by atoms with Crippen LogP contribution >= 0.6 is 0 Å². The van der Waals surface area contributed by atoms with Crippen molar-refractivity contribution in [1.29, 1.82) is 0 Å². The molecule has 0 saturated heterocycles. The van der Waals surface area contributed by atoms with Gasteiger partial charge in [0.05, 0.1) is 0 Å². The lowest BCUT2D eigenvalue weighted by Gasteiger charge is -2.20. The third-order valence-corrected chi connectivity index (χ3v) is 5.04.